The average molecular weight is 488 g/mol. The summed E-state index contributed by atoms with van der Waals surface area (Å²) < 4.78 is 14.0. The molecule has 0 fully saturated rings. The highest BCUT2D eigenvalue weighted by Crippen LogP contribution is 2.25. The Hall–Kier alpha value is -4.30. The SMILES string of the molecule is O=C(Cc1n[nH]c(=O)c2ccccc12)N(Cc1cc(F)cc(Cl)c1)c1ccc(-c2cnc[nH]2)cc1. The lowest BCUT2D eigenvalue weighted by Gasteiger charge is -2.24. The first-order valence-corrected chi connectivity index (χ1v) is 11.2. The van der Waals surface area contributed by atoms with Gasteiger partial charge in [-0.15, -0.1) is 0 Å². The molecule has 0 spiro atoms. The Morgan fingerprint density at radius 2 is 1.80 bits per heavy atom. The summed E-state index contributed by atoms with van der Waals surface area (Å²) in [6, 6.07) is 18.5. The number of halogens is 2. The van der Waals surface area contributed by atoms with Crippen molar-refractivity contribution in [2.24, 2.45) is 0 Å². The first-order chi connectivity index (χ1) is 17.0. The zero-order valence-electron chi connectivity index (χ0n) is 18.3. The number of fused-ring (bicyclic) bond motifs is 1. The van der Waals surface area contributed by atoms with Crippen molar-refractivity contribution in [1.29, 1.82) is 0 Å². The summed E-state index contributed by atoms with van der Waals surface area (Å²) in [5, 5.41) is 7.90. The zero-order chi connectivity index (χ0) is 24.4. The lowest BCUT2D eigenvalue weighted by Crippen LogP contribution is -2.32. The molecule has 174 valence electrons. The van der Waals surface area contributed by atoms with Crippen LogP contribution in [0.3, 0.4) is 0 Å². The average Bonchev–Trinajstić information content (AvgIpc) is 3.39. The van der Waals surface area contributed by atoms with Gasteiger partial charge in [-0.3, -0.25) is 9.59 Å². The Bertz CT molecular complexity index is 1550. The number of hydrogen-bond donors (Lipinski definition) is 2. The van der Waals surface area contributed by atoms with Crippen LogP contribution in [-0.2, 0) is 17.8 Å². The number of rotatable bonds is 6. The second-order valence-corrected chi connectivity index (χ2v) is 8.43. The number of carbonyl (C=O) groups is 1. The summed E-state index contributed by atoms with van der Waals surface area (Å²) in [5.74, 6) is -0.757. The molecule has 2 aromatic heterocycles. The summed E-state index contributed by atoms with van der Waals surface area (Å²) in [6.45, 7) is 0.0982. The van der Waals surface area contributed by atoms with Crippen LogP contribution in [0.15, 0.2) is 84.0 Å². The number of aromatic amines is 2. The summed E-state index contributed by atoms with van der Waals surface area (Å²) in [7, 11) is 0. The smallest absolute Gasteiger partial charge is 0.272 e. The predicted molar refractivity (Wildman–Crippen MR) is 133 cm³/mol. The van der Waals surface area contributed by atoms with Gasteiger partial charge in [-0.05, 0) is 47.5 Å². The van der Waals surface area contributed by atoms with E-state index in [9.17, 15) is 14.0 Å². The molecule has 35 heavy (non-hydrogen) atoms. The third-order valence-electron chi connectivity index (χ3n) is 5.65. The van der Waals surface area contributed by atoms with Gasteiger partial charge in [-0.25, -0.2) is 14.5 Å². The molecule has 3 aromatic carbocycles. The van der Waals surface area contributed by atoms with E-state index >= 15 is 0 Å². The summed E-state index contributed by atoms with van der Waals surface area (Å²) in [6.07, 6.45) is 3.23. The fourth-order valence-electron chi connectivity index (χ4n) is 3.99. The normalized spacial score (nSPS) is 11.0. The van der Waals surface area contributed by atoms with Gasteiger partial charge in [0.25, 0.3) is 5.56 Å². The van der Waals surface area contributed by atoms with E-state index in [1.165, 1.54) is 12.1 Å². The number of hydrogen-bond acceptors (Lipinski definition) is 4. The van der Waals surface area contributed by atoms with Crippen molar-refractivity contribution >= 4 is 34.0 Å². The number of nitrogens with one attached hydrogen (secondary N) is 2. The topological polar surface area (TPSA) is 94.7 Å². The molecule has 5 rings (SSSR count). The maximum absolute atomic E-state index is 14.0. The van der Waals surface area contributed by atoms with Crippen LogP contribution in [0.4, 0.5) is 10.1 Å². The molecule has 0 aliphatic heterocycles. The molecule has 0 radical (unpaired) electrons. The van der Waals surface area contributed by atoms with Crippen LogP contribution in [0.5, 0.6) is 0 Å². The Morgan fingerprint density at radius 3 is 2.51 bits per heavy atom. The molecule has 0 atom stereocenters. The minimum absolute atomic E-state index is 0.0668. The lowest BCUT2D eigenvalue weighted by atomic mass is 10.1. The lowest BCUT2D eigenvalue weighted by molar-refractivity contribution is -0.118. The van der Waals surface area contributed by atoms with Gasteiger partial charge in [0.1, 0.15) is 5.82 Å². The fraction of sp³-hybridized carbons (Fsp3) is 0.0769. The molecule has 0 saturated carbocycles. The van der Waals surface area contributed by atoms with Gasteiger partial charge in [-0.1, -0.05) is 41.9 Å². The van der Waals surface area contributed by atoms with Crippen LogP contribution in [0.25, 0.3) is 22.0 Å². The number of H-pyrrole nitrogens is 2. The van der Waals surface area contributed by atoms with E-state index in [-0.39, 0.29) is 29.5 Å². The maximum atomic E-state index is 14.0. The van der Waals surface area contributed by atoms with Crippen LogP contribution in [-0.4, -0.2) is 26.1 Å². The van der Waals surface area contributed by atoms with Crippen molar-refractivity contribution in [2.75, 3.05) is 4.90 Å². The zero-order valence-corrected chi connectivity index (χ0v) is 19.1. The number of benzene rings is 3. The molecule has 0 aliphatic rings. The molecular formula is C26H19ClFN5O2. The largest absolute Gasteiger partial charge is 0.345 e. The highest BCUT2D eigenvalue weighted by atomic mass is 35.5. The quantitative estimate of drug-likeness (QED) is 0.357. The molecule has 9 heteroatoms. The van der Waals surface area contributed by atoms with Gasteiger partial charge in [0.2, 0.25) is 5.91 Å². The van der Waals surface area contributed by atoms with E-state index in [4.69, 9.17) is 11.6 Å². The number of aromatic nitrogens is 4. The number of anilines is 1. The van der Waals surface area contributed by atoms with E-state index in [2.05, 4.69) is 20.2 Å². The van der Waals surface area contributed by atoms with Gasteiger partial charge in [-0.2, -0.15) is 5.10 Å². The van der Waals surface area contributed by atoms with Crippen molar-refractivity contribution in [3.05, 3.63) is 112 Å². The van der Waals surface area contributed by atoms with Gasteiger partial charge >= 0.3 is 0 Å². The molecule has 0 saturated heterocycles. The van der Waals surface area contributed by atoms with Crippen LogP contribution in [0, 0.1) is 5.82 Å². The van der Waals surface area contributed by atoms with Crippen LogP contribution >= 0.6 is 11.6 Å². The molecule has 1 amide bonds. The molecule has 0 aliphatic carbocycles. The number of nitrogens with zero attached hydrogens (tertiary/aromatic N) is 3. The highest BCUT2D eigenvalue weighted by Gasteiger charge is 2.20. The first kappa shape index (κ1) is 22.5. The van der Waals surface area contributed by atoms with Crippen LogP contribution in [0.2, 0.25) is 5.02 Å². The van der Waals surface area contributed by atoms with Crippen molar-refractivity contribution in [2.45, 2.75) is 13.0 Å². The van der Waals surface area contributed by atoms with Crippen molar-refractivity contribution in [1.82, 2.24) is 20.2 Å². The van der Waals surface area contributed by atoms with Gasteiger partial charge in [0.15, 0.2) is 0 Å². The standard InChI is InChI=1S/C26H19ClFN5O2/c27-18-9-16(10-19(28)11-18)14-33(20-7-5-17(6-8-20)24-13-29-15-30-24)25(34)12-23-21-3-1-2-4-22(21)26(35)32-31-23/h1-11,13,15H,12,14H2,(H,29,30)(H,32,35). The Kier molecular flexibility index (Phi) is 6.12. The maximum Gasteiger partial charge on any atom is 0.272 e. The first-order valence-electron chi connectivity index (χ1n) is 10.8. The summed E-state index contributed by atoms with van der Waals surface area (Å²) in [4.78, 5) is 34.3. The molecule has 0 unspecified atom stereocenters. The molecule has 2 heterocycles. The third kappa shape index (κ3) is 4.83. The van der Waals surface area contributed by atoms with E-state index < -0.39 is 5.82 Å². The molecule has 0 bridgehead atoms. The van der Waals surface area contributed by atoms with Crippen molar-refractivity contribution < 1.29 is 9.18 Å². The Morgan fingerprint density at radius 1 is 1.03 bits per heavy atom. The monoisotopic (exact) mass is 487 g/mol. The van der Waals surface area contributed by atoms with E-state index in [0.717, 1.165) is 11.3 Å². The minimum atomic E-state index is -0.484. The van der Waals surface area contributed by atoms with Crippen LogP contribution in [0.1, 0.15) is 11.3 Å². The summed E-state index contributed by atoms with van der Waals surface area (Å²) in [5.41, 5.74) is 3.03. The van der Waals surface area contributed by atoms with E-state index in [0.29, 0.717) is 27.7 Å². The van der Waals surface area contributed by atoms with E-state index in [1.807, 2.05) is 24.3 Å². The fourth-order valence-corrected chi connectivity index (χ4v) is 4.23. The minimum Gasteiger partial charge on any atom is -0.345 e. The number of carbonyl (C=O) groups excluding carboxylic acids is 1. The Labute approximate surface area is 204 Å². The molecular weight excluding hydrogens is 469 g/mol. The predicted octanol–water partition coefficient (Wildman–Crippen LogP) is 4.88. The summed E-state index contributed by atoms with van der Waals surface area (Å²) >= 11 is 6.05. The second kappa shape index (κ2) is 9.52. The molecule has 2 N–H and O–H groups in total. The van der Waals surface area contributed by atoms with Gasteiger partial charge < -0.3 is 9.88 Å². The molecule has 7 nitrogen and oxygen atoms in total. The highest BCUT2D eigenvalue weighted by molar-refractivity contribution is 6.30. The van der Waals surface area contributed by atoms with Gasteiger partial charge in [0.05, 0.1) is 42.3 Å². The van der Waals surface area contributed by atoms with E-state index in [1.54, 1.807) is 47.8 Å². The van der Waals surface area contributed by atoms with Crippen molar-refractivity contribution in [3.63, 3.8) is 0 Å². The van der Waals surface area contributed by atoms with Crippen molar-refractivity contribution in [3.8, 4) is 11.3 Å². The van der Waals surface area contributed by atoms with Crippen LogP contribution < -0.4 is 10.5 Å². The third-order valence-corrected chi connectivity index (χ3v) is 5.86. The number of imidazole rings is 1. The second-order valence-electron chi connectivity index (χ2n) is 7.99. The molecule has 5 aromatic rings. The number of amides is 1. The van der Waals surface area contributed by atoms with Gasteiger partial charge in [0, 0.05) is 16.1 Å². The Balaban J connectivity index is 1.51.